The summed E-state index contributed by atoms with van der Waals surface area (Å²) in [5.41, 5.74) is 1.15. The first-order valence-corrected chi connectivity index (χ1v) is 6.23. The first-order chi connectivity index (χ1) is 8.07. The Balaban J connectivity index is 2.53. The van der Waals surface area contributed by atoms with E-state index in [0.717, 1.165) is 37.3 Å². The van der Waals surface area contributed by atoms with E-state index in [1.54, 1.807) is 6.33 Å². The van der Waals surface area contributed by atoms with Crippen molar-refractivity contribution >= 4 is 5.82 Å². The van der Waals surface area contributed by atoms with Crippen molar-refractivity contribution in [3.05, 3.63) is 18.1 Å². The molecule has 0 atom stereocenters. The molecule has 0 aliphatic heterocycles. The highest BCUT2D eigenvalue weighted by Gasteiger charge is 2.16. The fourth-order valence-electron chi connectivity index (χ4n) is 1.61. The third kappa shape index (κ3) is 5.13. The Kier molecular flexibility index (Phi) is 5.35. The van der Waals surface area contributed by atoms with E-state index in [4.69, 9.17) is 5.11 Å². The zero-order valence-corrected chi connectivity index (χ0v) is 11.0. The zero-order valence-electron chi connectivity index (χ0n) is 11.0. The van der Waals surface area contributed by atoms with Gasteiger partial charge in [-0.15, -0.1) is 0 Å². The third-order valence-corrected chi connectivity index (χ3v) is 2.77. The van der Waals surface area contributed by atoms with E-state index < -0.39 is 0 Å². The molecule has 0 saturated heterocycles. The van der Waals surface area contributed by atoms with E-state index >= 15 is 0 Å². The van der Waals surface area contributed by atoms with E-state index in [0.29, 0.717) is 0 Å². The Bertz CT molecular complexity index is 339. The number of anilines is 1. The molecule has 2 N–H and O–H groups in total. The van der Waals surface area contributed by atoms with Crippen LogP contribution in [-0.2, 0) is 6.42 Å². The molecular weight excluding hydrogens is 214 g/mol. The lowest BCUT2D eigenvalue weighted by Gasteiger charge is -2.24. The summed E-state index contributed by atoms with van der Waals surface area (Å²) in [5.74, 6) is 0.870. The molecule has 0 radical (unpaired) electrons. The summed E-state index contributed by atoms with van der Waals surface area (Å²) in [6.07, 6.45) is 4.46. The highest BCUT2D eigenvalue weighted by Crippen LogP contribution is 2.20. The first-order valence-electron chi connectivity index (χ1n) is 6.23. The maximum absolute atomic E-state index is 8.96. The first kappa shape index (κ1) is 13.9. The molecule has 0 saturated carbocycles. The zero-order chi connectivity index (χ0) is 12.7. The summed E-state index contributed by atoms with van der Waals surface area (Å²) in [6, 6.07) is 2.00. The molecule has 0 bridgehead atoms. The fourth-order valence-corrected chi connectivity index (χ4v) is 1.61. The van der Waals surface area contributed by atoms with Gasteiger partial charge in [-0.05, 0) is 18.3 Å². The number of aromatic nitrogens is 2. The van der Waals surface area contributed by atoms with Crippen molar-refractivity contribution in [3.8, 4) is 0 Å². The van der Waals surface area contributed by atoms with Crippen LogP contribution >= 0.6 is 0 Å². The monoisotopic (exact) mass is 237 g/mol. The smallest absolute Gasteiger partial charge is 0.129 e. The maximum atomic E-state index is 8.96. The molecule has 0 aromatic carbocycles. The van der Waals surface area contributed by atoms with Crippen molar-refractivity contribution in [1.29, 1.82) is 0 Å². The van der Waals surface area contributed by atoms with Crippen LogP contribution in [0.15, 0.2) is 12.4 Å². The van der Waals surface area contributed by atoms with E-state index in [2.05, 4.69) is 36.1 Å². The topological polar surface area (TPSA) is 58.0 Å². The van der Waals surface area contributed by atoms with Crippen LogP contribution in [-0.4, -0.2) is 28.2 Å². The van der Waals surface area contributed by atoms with Gasteiger partial charge in [0, 0.05) is 24.9 Å². The van der Waals surface area contributed by atoms with Gasteiger partial charge < -0.3 is 10.4 Å². The summed E-state index contributed by atoms with van der Waals surface area (Å²) in [4.78, 5) is 8.42. The summed E-state index contributed by atoms with van der Waals surface area (Å²) < 4.78 is 0. The van der Waals surface area contributed by atoms with Gasteiger partial charge in [0.25, 0.3) is 0 Å². The maximum Gasteiger partial charge on any atom is 0.129 e. The second-order valence-corrected chi connectivity index (χ2v) is 5.14. The largest absolute Gasteiger partial charge is 0.396 e. The Morgan fingerprint density at radius 3 is 2.76 bits per heavy atom. The van der Waals surface area contributed by atoms with Crippen molar-refractivity contribution in [1.82, 2.24) is 9.97 Å². The number of aliphatic hydroxyl groups excluding tert-OH is 1. The summed E-state index contributed by atoms with van der Waals surface area (Å²) in [5, 5.41) is 12.3. The molecule has 0 unspecified atom stereocenters. The second kappa shape index (κ2) is 6.55. The minimum Gasteiger partial charge on any atom is -0.396 e. The molecule has 17 heavy (non-hydrogen) atoms. The normalized spacial score (nSPS) is 11.5. The van der Waals surface area contributed by atoms with Gasteiger partial charge in [-0.3, -0.25) is 0 Å². The van der Waals surface area contributed by atoms with Crippen molar-refractivity contribution < 1.29 is 5.11 Å². The highest BCUT2D eigenvalue weighted by atomic mass is 16.3. The molecule has 4 heteroatoms. The number of aliphatic hydroxyl groups is 1. The number of hydrogen-bond donors (Lipinski definition) is 2. The average Bonchev–Trinajstić information content (AvgIpc) is 2.28. The molecule has 4 nitrogen and oxygen atoms in total. The molecule has 1 rings (SSSR count). The molecule has 0 amide bonds. The minimum atomic E-state index is 0.0740. The van der Waals surface area contributed by atoms with Gasteiger partial charge in [0.2, 0.25) is 0 Å². The Hall–Kier alpha value is -1.16. The molecule has 0 aliphatic rings. The standard InChI is InChI=1S/C13H23N3O/c1-4-5-11-8-12(16-10-15-11)14-9-13(2,3)6-7-17/h8,10,17H,4-7,9H2,1-3H3,(H,14,15,16). The number of hydrogen-bond acceptors (Lipinski definition) is 4. The fraction of sp³-hybridized carbons (Fsp3) is 0.692. The highest BCUT2D eigenvalue weighted by molar-refractivity contribution is 5.35. The van der Waals surface area contributed by atoms with Crippen molar-refractivity contribution in [2.24, 2.45) is 5.41 Å². The van der Waals surface area contributed by atoms with Crippen LogP contribution in [0.5, 0.6) is 0 Å². The number of nitrogens with one attached hydrogen (secondary N) is 1. The lowest BCUT2D eigenvalue weighted by molar-refractivity contribution is 0.220. The van der Waals surface area contributed by atoms with Gasteiger partial charge in [-0.1, -0.05) is 27.2 Å². The molecule has 1 aromatic heterocycles. The molecule has 0 aliphatic carbocycles. The molecule has 0 spiro atoms. The third-order valence-electron chi connectivity index (χ3n) is 2.77. The van der Waals surface area contributed by atoms with Gasteiger partial charge in [0.1, 0.15) is 12.1 Å². The Morgan fingerprint density at radius 1 is 1.35 bits per heavy atom. The van der Waals surface area contributed by atoms with Gasteiger partial charge in [0.05, 0.1) is 0 Å². The van der Waals surface area contributed by atoms with Gasteiger partial charge in [-0.2, -0.15) is 0 Å². The van der Waals surface area contributed by atoms with Crippen LogP contribution in [0.1, 0.15) is 39.3 Å². The SMILES string of the molecule is CCCc1cc(NCC(C)(C)CCO)ncn1. The predicted octanol–water partition coefficient (Wildman–Crippen LogP) is 2.25. The Labute approximate surface area is 103 Å². The summed E-state index contributed by atoms with van der Waals surface area (Å²) in [6.45, 7) is 7.42. The summed E-state index contributed by atoms with van der Waals surface area (Å²) >= 11 is 0. The van der Waals surface area contributed by atoms with Crippen LogP contribution in [0.3, 0.4) is 0 Å². The van der Waals surface area contributed by atoms with Crippen LogP contribution < -0.4 is 5.32 Å². The quantitative estimate of drug-likeness (QED) is 0.763. The number of rotatable bonds is 7. The average molecular weight is 237 g/mol. The van der Waals surface area contributed by atoms with Crippen LogP contribution in [0.25, 0.3) is 0 Å². The van der Waals surface area contributed by atoms with Crippen LogP contribution in [0.4, 0.5) is 5.82 Å². The van der Waals surface area contributed by atoms with E-state index in [1.807, 2.05) is 6.07 Å². The molecule has 1 heterocycles. The predicted molar refractivity (Wildman–Crippen MR) is 70.0 cm³/mol. The van der Waals surface area contributed by atoms with Gasteiger partial charge >= 0.3 is 0 Å². The van der Waals surface area contributed by atoms with Crippen molar-refractivity contribution in [3.63, 3.8) is 0 Å². The Morgan fingerprint density at radius 2 is 2.12 bits per heavy atom. The van der Waals surface area contributed by atoms with Gasteiger partial charge in [0.15, 0.2) is 0 Å². The van der Waals surface area contributed by atoms with E-state index in [1.165, 1.54) is 0 Å². The molecular formula is C13H23N3O. The van der Waals surface area contributed by atoms with E-state index in [9.17, 15) is 0 Å². The van der Waals surface area contributed by atoms with Crippen LogP contribution in [0.2, 0.25) is 0 Å². The summed E-state index contributed by atoms with van der Waals surface area (Å²) in [7, 11) is 0. The minimum absolute atomic E-state index is 0.0740. The molecule has 96 valence electrons. The van der Waals surface area contributed by atoms with Crippen molar-refractivity contribution in [2.75, 3.05) is 18.5 Å². The van der Waals surface area contributed by atoms with Crippen molar-refractivity contribution in [2.45, 2.75) is 40.0 Å². The number of aryl methyl sites for hydroxylation is 1. The van der Waals surface area contributed by atoms with Gasteiger partial charge in [-0.25, -0.2) is 9.97 Å². The number of nitrogens with zero attached hydrogens (tertiary/aromatic N) is 2. The lowest BCUT2D eigenvalue weighted by Crippen LogP contribution is -2.24. The molecule has 0 fully saturated rings. The second-order valence-electron chi connectivity index (χ2n) is 5.14. The van der Waals surface area contributed by atoms with Crippen LogP contribution in [0, 0.1) is 5.41 Å². The lowest BCUT2D eigenvalue weighted by atomic mass is 9.90. The molecule has 1 aromatic rings. The van der Waals surface area contributed by atoms with E-state index in [-0.39, 0.29) is 12.0 Å².